The fourth-order valence-electron chi connectivity index (χ4n) is 2.59. The first-order chi connectivity index (χ1) is 9.47. The Kier molecular flexibility index (Phi) is 4.44. The van der Waals surface area contributed by atoms with Gasteiger partial charge in [0.1, 0.15) is 0 Å². The predicted molar refractivity (Wildman–Crippen MR) is 75.3 cm³/mol. The highest BCUT2D eigenvalue weighted by Crippen LogP contribution is 2.36. The van der Waals surface area contributed by atoms with Gasteiger partial charge in [-0.25, -0.2) is 4.79 Å². The lowest BCUT2D eigenvalue weighted by Gasteiger charge is -2.37. The summed E-state index contributed by atoms with van der Waals surface area (Å²) in [5, 5.41) is 11.5. The van der Waals surface area contributed by atoms with Crippen LogP contribution in [0.2, 0.25) is 0 Å². The van der Waals surface area contributed by atoms with Crippen LogP contribution in [0.3, 0.4) is 0 Å². The van der Waals surface area contributed by atoms with Crippen LogP contribution in [0.1, 0.15) is 38.4 Å². The van der Waals surface area contributed by atoms with Crippen molar-refractivity contribution < 1.29 is 14.6 Å². The maximum atomic E-state index is 10.9. The zero-order valence-corrected chi connectivity index (χ0v) is 11.7. The molecule has 0 radical (unpaired) electrons. The van der Waals surface area contributed by atoms with Crippen molar-refractivity contribution in [2.24, 2.45) is 5.92 Å². The maximum Gasteiger partial charge on any atom is 0.404 e. The zero-order valence-electron chi connectivity index (χ0n) is 11.7. The molecular formula is C14H21N3O3. The van der Waals surface area contributed by atoms with Crippen LogP contribution < -0.4 is 11.1 Å². The standard InChI is InChI=1S/C14H21N3O3/c1-8(2)12-5-9(17-14(18)19)6-13(20-12)10-3-4-16-7-11(10)15/h3-4,7-9,12-13,17H,5-6,15H2,1-2H3,(H,18,19)/t9-,12-,13+/m0/s1. The summed E-state index contributed by atoms with van der Waals surface area (Å²) < 4.78 is 6.09. The molecule has 0 saturated carbocycles. The fourth-order valence-corrected chi connectivity index (χ4v) is 2.59. The monoisotopic (exact) mass is 279 g/mol. The van der Waals surface area contributed by atoms with Crippen molar-refractivity contribution in [3.63, 3.8) is 0 Å². The molecule has 6 nitrogen and oxygen atoms in total. The Labute approximate surface area is 118 Å². The number of amides is 1. The smallest absolute Gasteiger partial charge is 0.404 e. The van der Waals surface area contributed by atoms with Crippen LogP contribution in [0.15, 0.2) is 18.5 Å². The highest BCUT2D eigenvalue weighted by molar-refractivity contribution is 5.64. The lowest BCUT2D eigenvalue weighted by molar-refractivity contribution is -0.0822. The van der Waals surface area contributed by atoms with E-state index >= 15 is 0 Å². The second-order valence-electron chi connectivity index (χ2n) is 5.53. The fraction of sp³-hybridized carbons (Fsp3) is 0.571. The molecule has 6 heteroatoms. The van der Waals surface area contributed by atoms with E-state index in [4.69, 9.17) is 15.6 Å². The van der Waals surface area contributed by atoms with Crippen molar-refractivity contribution in [1.82, 2.24) is 10.3 Å². The third-order valence-electron chi connectivity index (χ3n) is 3.66. The van der Waals surface area contributed by atoms with E-state index in [1.165, 1.54) is 0 Å². The number of carbonyl (C=O) groups is 1. The van der Waals surface area contributed by atoms with Gasteiger partial charge in [0, 0.05) is 17.8 Å². The van der Waals surface area contributed by atoms with Gasteiger partial charge < -0.3 is 20.9 Å². The number of nitrogens with two attached hydrogens (primary N) is 1. The van der Waals surface area contributed by atoms with E-state index < -0.39 is 6.09 Å². The van der Waals surface area contributed by atoms with Crippen molar-refractivity contribution in [3.05, 3.63) is 24.0 Å². The van der Waals surface area contributed by atoms with Gasteiger partial charge in [-0.3, -0.25) is 4.98 Å². The number of ether oxygens (including phenoxy) is 1. The van der Waals surface area contributed by atoms with Crippen LogP contribution in [0.4, 0.5) is 10.5 Å². The lowest BCUT2D eigenvalue weighted by atomic mass is 9.90. The summed E-state index contributed by atoms with van der Waals surface area (Å²) in [5.74, 6) is 0.318. The van der Waals surface area contributed by atoms with Crippen molar-refractivity contribution in [1.29, 1.82) is 0 Å². The Morgan fingerprint density at radius 2 is 2.30 bits per heavy atom. The van der Waals surface area contributed by atoms with Gasteiger partial charge in [-0.2, -0.15) is 0 Å². The number of nitrogens with one attached hydrogen (secondary N) is 1. The van der Waals surface area contributed by atoms with Crippen LogP contribution in [0.5, 0.6) is 0 Å². The molecule has 3 atom stereocenters. The molecule has 1 aromatic rings. The molecule has 0 unspecified atom stereocenters. The van der Waals surface area contributed by atoms with Crippen LogP contribution in [0, 0.1) is 5.92 Å². The average Bonchev–Trinajstić information content (AvgIpc) is 2.38. The molecule has 0 bridgehead atoms. The first kappa shape index (κ1) is 14.6. The van der Waals surface area contributed by atoms with E-state index in [9.17, 15) is 4.79 Å². The molecule has 1 amide bonds. The van der Waals surface area contributed by atoms with E-state index in [0.29, 0.717) is 24.4 Å². The number of pyridine rings is 1. The molecule has 20 heavy (non-hydrogen) atoms. The number of hydrogen-bond acceptors (Lipinski definition) is 4. The maximum absolute atomic E-state index is 10.9. The molecule has 2 heterocycles. The number of anilines is 1. The Balaban J connectivity index is 2.19. The molecule has 1 aliphatic rings. The highest BCUT2D eigenvalue weighted by atomic mass is 16.5. The molecule has 110 valence electrons. The summed E-state index contributed by atoms with van der Waals surface area (Å²) >= 11 is 0. The number of rotatable bonds is 3. The molecule has 0 aromatic carbocycles. The average molecular weight is 279 g/mol. The normalized spacial score (nSPS) is 26.4. The highest BCUT2D eigenvalue weighted by Gasteiger charge is 2.33. The third-order valence-corrected chi connectivity index (χ3v) is 3.66. The molecule has 0 spiro atoms. The summed E-state index contributed by atoms with van der Waals surface area (Å²) in [5.41, 5.74) is 7.40. The third kappa shape index (κ3) is 3.39. The minimum Gasteiger partial charge on any atom is -0.465 e. The SMILES string of the molecule is CC(C)[C@@H]1C[C@H](NC(=O)O)C[C@H](c2ccncc2N)O1. The second-order valence-corrected chi connectivity index (χ2v) is 5.53. The van der Waals surface area contributed by atoms with Gasteiger partial charge in [0.15, 0.2) is 0 Å². The number of nitrogen functional groups attached to an aromatic ring is 1. The number of nitrogens with zero attached hydrogens (tertiary/aromatic N) is 1. The summed E-state index contributed by atoms with van der Waals surface area (Å²) in [4.78, 5) is 14.8. The Bertz CT molecular complexity index is 478. The Morgan fingerprint density at radius 3 is 2.90 bits per heavy atom. The topological polar surface area (TPSA) is 97.5 Å². The molecule has 1 saturated heterocycles. The van der Waals surface area contributed by atoms with E-state index in [1.807, 2.05) is 6.07 Å². The van der Waals surface area contributed by atoms with Crippen LogP contribution in [0.25, 0.3) is 0 Å². The van der Waals surface area contributed by atoms with Gasteiger partial charge in [-0.05, 0) is 24.8 Å². The molecule has 1 fully saturated rings. The van der Waals surface area contributed by atoms with Crippen LogP contribution in [-0.2, 0) is 4.74 Å². The van der Waals surface area contributed by atoms with Crippen LogP contribution >= 0.6 is 0 Å². The van der Waals surface area contributed by atoms with Gasteiger partial charge >= 0.3 is 6.09 Å². The summed E-state index contributed by atoms with van der Waals surface area (Å²) in [6, 6.07) is 1.71. The van der Waals surface area contributed by atoms with Gasteiger partial charge in [0.2, 0.25) is 0 Å². The first-order valence-corrected chi connectivity index (χ1v) is 6.81. The zero-order chi connectivity index (χ0) is 14.7. The first-order valence-electron chi connectivity index (χ1n) is 6.81. The van der Waals surface area contributed by atoms with Crippen LogP contribution in [-0.4, -0.2) is 28.3 Å². The minimum atomic E-state index is -0.999. The van der Waals surface area contributed by atoms with Gasteiger partial charge in [0.25, 0.3) is 0 Å². The molecule has 1 aliphatic heterocycles. The van der Waals surface area contributed by atoms with Crippen molar-refractivity contribution in [3.8, 4) is 0 Å². The van der Waals surface area contributed by atoms with Gasteiger partial charge in [-0.15, -0.1) is 0 Å². The van der Waals surface area contributed by atoms with E-state index in [2.05, 4.69) is 24.1 Å². The number of carboxylic acid groups (broad SMARTS) is 1. The summed E-state index contributed by atoms with van der Waals surface area (Å²) in [6.07, 6.45) is 3.36. The van der Waals surface area contributed by atoms with Crippen molar-refractivity contribution in [2.45, 2.75) is 44.9 Å². The second kappa shape index (κ2) is 6.09. The van der Waals surface area contributed by atoms with E-state index in [1.54, 1.807) is 12.4 Å². The molecular weight excluding hydrogens is 258 g/mol. The summed E-state index contributed by atoms with van der Waals surface area (Å²) in [7, 11) is 0. The van der Waals surface area contributed by atoms with Gasteiger partial charge in [0.05, 0.1) is 24.1 Å². The molecule has 1 aromatic heterocycles. The molecule has 0 aliphatic carbocycles. The molecule has 2 rings (SSSR count). The molecule has 4 N–H and O–H groups in total. The largest absolute Gasteiger partial charge is 0.465 e. The van der Waals surface area contributed by atoms with Crippen molar-refractivity contribution >= 4 is 11.8 Å². The van der Waals surface area contributed by atoms with E-state index in [-0.39, 0.29) is 18.2 Å². The predicted octanol–water partition coefficient (Wildman–Crippen LogP) is 2.18. The quantitative estimate of drug-likeness (QED) is 0.787. The lowest BCUT2D eigenvalue weighted by Crippen LogP contribution is -2.44. The van der Waals surface area contributed by atoms with Crippen molar-refractivity contribution in [2.75, 3.05) is 5.73 Å². The number of hydrogen-bond donors (Lipinski definition) is 3. The number of aromatic nitrogens is 1. The minimum absolute atomic E-state index is 0.0122. The Hall–Kier alpha value is -1.82. The van der Waals surface area contributed by atoms with E-state index in [0.717, 1.165) is 5.56 Å². The summed E-state index contributed by atoms with van der Waals surface area (Å²) in [6.45, 7) is 4.14. The Morgan fingerprint density at radius 1 is 1.55 bits per heavy atom. The van der Waals surface area contributed by atoms with Gasteiger partial charge in [-0.1, -0.05) is 13.8 Å².